The minimum absolute atomic E-state index is 0. The molecule has 196 valence electrons. The third kappa shape index (κ3) is 9.50. The van der Waals surface area contributed by atoms with Crippen molar-refractivity contribution in [1.82, 2.24) is 20.1 Å². The number of nitrogens with one attached hydrogen (secondary N) is 1. The summed E-state index contributed by atoms with van der Waals surface area (Å²) in [6.45, 7) is 7.78. The molecule has 2 amide bonds. The summed E-state index contributed by atoms with van der Waals surface area (Å²) in [4.78, 5) is 20.7. The number of urea groups is 1. The monoisotopic (exact) mass is 534 g/mol. The fraction of sp³-hybridized carbons (Fsp3) is 0.520. The van der Waals surface area contributed by atoms with Crippen LogP contribution >= 0.6 is 24.8 Å². The Bertz CT molecular complexity index is 894. The number of hydrogen-bond donors (Lipinski definition) is 1. The van der Waals surface area contributed by atoms with Crippen LogP contribution in [0.25, 0.3) is 0 Å². The molecule has 0 radical (unpaired) electrons. The van der Waals surface area contributed by atoms with Crippen LogP contribution in [0.15, 0.2) is 48.8 Å². The lowest BCUT2D eigenvalue weighted by Gasteiger charge is -2.36. The Balaban J connectivity index is 0.00000306. The number of rotatable bonds is 8. The Kier molecular flexibility index (Phi) is 12.9. The van der Waals surface area contributed by atoms with E-state index in [2.05, 4.69) is 29.0 Å². The molecule has 3 rings (SSSR count). The number of aromatic nitrogens is 1. The first-order valence-corrected chi connectivity index (χ1v) is 11.6. The molecule has 2 aromatic rings. The minimum atomic E-state index is -4.32. The van der Waals surface area contributed by atoms with Crippen LogP contribution < -0.4 is 5.32 Å². The first-order valence-electron chi connectivity index (χ1n) is 11.6. The average molecular weight is 535 g/mol. The second kappa shape index (κ2) is 14.5. The maximum Gasteiger partial charge on any atom is 0.416 e. The predicted molar refractivity (Wildman–Crippen MR) is 137 cm³/mol. The molecular formula is C25H35Cl2F3N4O. The van der Waals surface area contributed by atoms with E-state index in [1.165, 1.54) is 12.1 Å². The number of pyridine rings is 1. The first-order chi connectivity index (χ1) is 15.8. The van der Waals surface area contributed by atoms with Crippen molar-refractivity contribution in [3.63, 3.8) is 0 Å². The van der Waals surface area contributed by atoms with Crippen LogP contribution in [0, 0.1) is 5.92 Å². The molecule has 1 unspecified atom stereocenters. The van der Waals surface area contributed by atoms with Gasteiger partial charge in [-0.2, -0.15) is 13.2 Å². The van der Waals surface area contributed by atoms with E-state index in [0.717, 1.165) is 37.6 Å². The van der Waals surface area contributed by atoms with E-state index >= 15 is 0 Å². The lowest BCUT2D eigenvalue weighted by atomic mass is 9.95. The summed E-state index contributed by atoms with van der Waals surface area (Å²) in [5, 5.41) is 2.95. The number of halogens is 5. The molecule has 2 heterocycles. The molecule has 1 atom stereocenters. The van der Waals surface area contributed by atoms with Crippen molar-refractivity contribution >= 4 is 30.8 Å². The van der Waals surface area contributed by atoms with Gasteiger partial charge in [0.25, 0.3) is 0 Å². The summed E-state index contributed by atoms with van der Waals surface area (Å²) < 4.78 is 39.1. The number of carbonyl (C=O) groups is 1. The van der Waals surface area contributed by atoms with Crippen molar-refractivity contribution in [3.05, 3.63) is 65.5 Å². The summed E-state index contributed by atoms with van der Waals surface area (Å²) >= 11 is 0. The standard InChI is InChI=1S/C25H33F3N4O.2ClH/c1-3-31(19(2)14-21-6-4-8-23(15-21)25(26,27)28)18-20-9-12-32(13-10-20)24(33)30-17-22-7-5-11-29-16-22;;/h4-8,11,15-16,19-20H,3,9-10,12-14,17-18H2,1-2H3,(H,30,33);2*1H. The average Bonchev–Trinajstić information content (AvgIpc) is 2.81. The molecule has 0 aliphatic carbocycles. The largest absolute Gasteiger partial charge is 0.416 e. The highest BCUT2D eigenvalue weighted by Gasteiger charge is 2.31. The van der Waals surface area contributed by atoms with E-state index in [1.54, 1.807) is 18.5 Å². The highest BCUT2D eigenvalue weighted by atomic mass is 35.5. The van der Waals surface area contributed by atoms with Crippen LogP contribution in [-0.2, 0) is 19.1 Å². The number of nitrogens with zero attached hydrogens (tertiary/aromatic N) is 3. The second-order valence-corrected chi connectivity index (χ2v) is 8.79. The van der Waals surface area contributed by atoms with Gasteiger partial charge in [0.15, 0.2) is 0 Å². The van der Waals surface area contributed by atoms with E-state index in [0.29, 0.717) is 37.5 Å². The zero-order valence-electron chi connectivity index (χ0n) is 20.1. The van der Waals surface area contributed by atoms with Gasteiger partial charge in [0.05, 0.1) is 5.56 Å². The number of likely N-dealkylation sites (tertiary alicyclic amines) is 1. The van der Waals surface area contributed by atoms with Gasteiger partial charge in [-0.25, -0.2) is 4.79 Å². The third-order valence-electron chi connectivity index (χ3n) is 6.38. The summed E-state index contributed by atoms with van der Waals surface area (Å²) in [5.74, 6) is 0.469. The molecule has 35 heavy (non-hydrogen) atoms. The van der Waals surface area contributed by atoms with Crippen molar-refractivity contribution in [3.8, 4) is 0 Å². The van der Waals surface area contributed by atoms with Crippen molar-refractivity contribution < 1.29 is 18.0 Å². The SMILES string of the molecule is CCN(CC1CCN(C(=O)NCc2cccnc2)CC1)C(C)Cc1cccc(C(F)(F)F)c1.Cl.Cl. The Morgan fingerprint density at radius 1 is 1.17 bits per heavy atom. The van der Waals surface area contributed by atoms with Crippen LogP contribution in [-0.4, -0.2) is 53.0 Å². The van der Waals surface area contributed by atoms with Crippen LogP contribution in [0.5, 0.6) is 0 Å². The normalized spacial score (nSPS) is 15.2. The molecule has 1 N–H and O–H groups in total. The van der Waals surface area contributed by atoms with Gasteiger partial charge in [0, 0.05) is 44.6 Å². The van der Waals surface area contributed by atoms with Gasteiger partial charge in [-0.3, -0.25) is 4.98 Å². The van der Waals surface area contributed by atoms with E-state index < -0.39 is 11.7 Å². The Labute approximate surface area is 218 Å². The van der Waals surface area contributed by atoms with Gasteiger partial charge in [-0.05, 0) is 61.9 Å². The molecule has 0 spiro atoms. The van der Waals surface area contributed by atoms with Crippen LogP contribution in [0.4, 0.5) is 18.0 Å². The van der Waals surface area contributed by atoms with E-state index in [9.17, 15) is 18.0 Å². The number of piperidine rings is 1. The zero-order chi connectivity index (χ0) is 23.8. The molecule has 1 aliphatic heterocycles. The predicted octanol–water partition coefficient (Wildman–Crippen LogP) is 5.82. The van der Waals surface area contributed by atoms with E-state index in [4.69, 9.17) is 0 Å². The molecule has 1 fully saturated rings. The molecule has 1 aliphatic rings. The van der Waals surface area contributed by atoms with Gasteiger partial charge in [-0.15, -0.1) is 24.8 Å². The fourth-order valence-electron chi connectivity index (χ4n) is 4.41. The minimum Gasteiger partial charge on any atom is -0.334 e. The zero-order valence-corrected chi connectivity index (χ0v) is 21.8. The van der Waals surface area contributed by atoms with Crippen molar-refractivity contribution in [1.29, 1.82) is 0 Å². The Morgan fingerprint density at radius 3 is 2.46 bits per heavy atom. The maximum atomic E-state index is 13.0. The maximum absolute atomic E-state index is 13.0. The quantitative estimate of drug-likeness (QED) is 0.464. The van der Waals surface area contributed by atoms with Crippen LogP contribution in [0.1, 0.15) is 43.4 Å². The van der Waals surface area contributed by atoms with Crippen LogP contribution in [0.3, 0.4) is 0 Å². The second-order valence-electron chi connectivity index (χ2n) is 8.79. The highest BCUT2D eigenvalue weighted by Crippen LogP contribution is 2.30. The van der Waals surface area contributed by atoms with Crippen molar-refractivity contribution in [2.75, 3.05) is 26.2 Å². The molecular weight excluding hydrogens is 500 g/mol. The van der Waals surface area contributed by atoms with Crippen molar-refractivity contribution in [2.24, 2.45) is 5.92 Å². The molecule has 1 saturated heterocycles. The summed E-state index contributed by atoms with van der Waals surface area (Å²) in [7, 11) is 0. The fourth-order valence-corrected chi connectivity index (χ4v) is 4.41. The smallest absolute Gasteiger partial charge is 0.334 e. The summed E-state index contributed by atoms with van der Waals surface area (Å²) in [6.07, 6.45) is 1.55. The first kappa shape index (κ1) is 31.0. The number of alkyl halides is 3. The highest BCUT2D eigenvalue weighted by molar-refractivity contribution is 5.85. The van der Waals surface area contributed by atoms with Crippen LogP contribution in [0.2, 0.25) is 0 Å². The van der Waals surface area contributed by atoms with E-state index in [-0.39, 0.29) is 36.9 Å². The number of carbonyl (C=O) groups excluding carboxylic acids is 1. The van der Waals surface area contributed by atoms with Gasteiger partial charge < -0.3 is 15.1 Å². The Morgan fingerprint density at radius 2 is 1.86 bits per heavy atom. The molecule has 10 heteroatoms. The molecule has 0 bridgehead atoms. The number of benzene rings is 1. The lowest BCUT2D eigenvalue weighted by molar-refractivity contribution is -0.137. The Hall–Kier alpha value is -2.03. The van der Waals surface area contributed by atoms with Gasteiger partial charge in [-0.1, -0.05) is 31.2 Å². The van der Waals surface area contributed by atoms with Crippen molar-refractivity contribution in [2.45, 2.75) is 51.9 Å². The summed E-state index contributed by atoms with van der Waals surface area (Å²) in [5.41, 5.74) is 1.08. The van der Waals surface area contributed by atoms with Gasteiger partial charge in [0.1, 0.15) is 0 Å². The number of amides is 2. The van der Waals surface area contributed by atoms with E-state index in [1.807, 2.05) is 17.0 Å². The molecule has 5 nitrogen and oxygen atoms in total. The number of hydrogen-bond acceptors (Lipinski definition) is 3. The summed E-state index contributed by atoms with van der Waals surface area (Å²) in [6, 6.07) is 9.49. The lowest BCUT2D eigenvalue weighted by Crippen LogP contribution is -2.46. The molecule has 1 aromatic carbocycles. The third-order valence-corrected chi connectivity index (χ3v) is 6.38. The number of likely N-dealkylation sites (N-methyl/N-ethyl adjacent to an activating group) is 1. The molecule has 1 aromatic heterocycles. The molecule has 0 saturated carbocycles. The van der Waals surface area contributed by atoms with Gasteiger partial charge >= 0.3 is 12.2 Å². The van der Waals surface area contributed by atoms with Gasteiger partial charge in [0.2, 0.25) is 0 Å². The topological polar surface area (TPSA) is 48.5 Å².